The molecule has 0 aliphatic carbocycles. The first-order valence-corrected chi connectivity index (χ1v) is 8.29. The van der Waals surface area contributed by atoms with E-state index < -0.39 is 0 Å². The van der Waals surface area contributed by atoms with Gasteiger partial charge in [0.2, 0.25) is 0 Å². The van der Waals surface area contributed by atoms with Crippen molar-refractivity contribution in [1.82, 2.24) is 9.55 Å². The van der Waals surface area contributed by atoms with Crippen LogP contribution in [0.3, 0.4) is 0 Å². The Morgan fingerprint density at radius 3 is 2.12 bits per heavy atom. The highest BCUT2D eigenvalue weighted by atomic mass is 15.1. The zero-order valence-electron chi connectivity index (χ0n) is 14.0. The number of nitrogens with zero attached hydrogens (tertiary/aromatic N) is 2. The van der Waals surface area contributed by atoms with Gasteiger partial charge in [0.1, 0.15) is 5.82 Å². The molecule has 0 saturated heterocycles. The largest absolute Gasteiger partial charge is 0.319 e. The van der Waals surface area contributed by atoms with Gasteiger partial charge < -0.3 is 4.57 Å². The number of benzene rings is 3. The van der Waals surface area contributed by atoms with Crippen LogP contribution in [0.4, 0.5) is 0 Å². The van der Waals surface area contributed by atoms with Crippen molar-refractivity contribution < 1.29 is 0 Å². The number of aryl methyl sites for hydroxylation is 2. The molecule has 0 unspecified atom stereocenters. The first-order chi connectivity index (χ1) is 11.7. The van der Waals surface area contributed by atoms with Crippen LogP contribution < -0.4 is 0 Å². The molecule has 2 heteroatoms. The van der Waals surface area contributed by atoms with Crippen LogP contribution in [0.25, 0.3) is 22.4 Å². The van der Waals surface area contributed by atoms with Crippen molar-refractivity contribution in [2.45, 2.75) is 20.4 Å². The third kappa shape index (κ3) is 2.61. The molecule has 0 N–H and O–H groups in total. The molecule has 0 bridgehead atoms. The van der Waals surface area contributed by atoms with E-state index in [9.17, 15) is 0 Å². The van der Waals surface area contributed by atoms with E-state index >= 15 is 0 Å². The molecule has 118 valence electrons. The smallest absolute Gasteiger partial charge is 0.141 e. The van der Waals surface area contributed by atoms with Crippen LogP contribution in [0.1, 0.15) is 16.7 Å². The fourth-order valence-electron chi connectivity index (χ4n) is 3.11. The molecule has 0 aliphatic heterocycles. The molecule has 0 radical (unpaired) electrons. The molecule has 0 fully saturated rings. The minimum atomic E-state index is 0.823. The molecule has 0 amide bonds. The van der Waals surface area contributed by atoms with Gasteiger partial charge in [0, 0.05) is 12.1 Å². The highest BCUT2D eigenvalue weighted by Crippen LogP contribution is 2.27. The average Bonchev–Trinajstić information content (AvgIpc) is 2.95. The number of hydrogen-bond donors (Lipinski definition) is 0. The van der Waals surface area contributed by atoms with Crippen LogP contribution in [-0.4, -0.2) is 9.55 Å². The van der Waals surface area contributed by atoms with Crippen molar-refractivity contribution in [1.29, 1.82) is 0 Å². The average molecular weight is 312 g/mol. The van der Waals surface area contributed by atoms with E-state index in [2.05, 4.69) is 85.1 Å². The molecule has 4 rings (SSSR count). The highest BCUT2D eigenvalue weighted by molar-refractivity contribution is 5.82. The summed E-state index contributed by atoms with van der Waals surface area (Å²) in [6, 6.07) is 25.5. The standard InChI is InChI=1S/C22H20N2/c1-16-13-20-21(14-17(16)2)24(15-18-9-5-3-6-10-18)22(23-20)19-11-7-4-8-12-19/h3-14H,15H2,1-2H3. The second-order valence-corrected chi connectivity index (χ2v) is 6.30. The summed E-state index contributed by atoms with van der Waals surface area (Å²) in [4.78, 5) is 4.94. The summed E-state index contributed by atoms with van der Waals surface area (Å²) < 4.78 is 2.33. The first-order valence-electron chi connectivity index (χ1n) is 8.29. The van der Waals surface area contributed by atoms with Crippen molar-refractivity contribution in [3.8, 4) is 11.4 Å². The Morgan fingerprint density at radius 2 is 1.42 bits per heavy atom. The maximum Gasteiger partial charge on any atom is 0.141 e. The first kappa shape index (κ1) is 14.7. The van der Waals surface area contributed by atoms with Crippen LogP contribution >= 0.6 is 0 Å². The van der Waals surface area contributed by atoms with Crippen LogP contribution in [0.2, 0.25) is 0 Å². The lowest BCUT2D eigenvalue weighted by molar-refractivity contribution is 0.834. The van der Waals surface area contributed by atoms with Crippen LogP contribution in [0, 0.1) is 13.8 Å². The Hall–Kier alpha value is -2.87. The summed E-state index contributed by atoms with van der Waals surface area (Å²) >= 11 is 0. The Labute approximate surface area is 142 Å². The van der Waals surface area contributed by atoms with Crippen molar-refractivity contribution in [2.75, 3.05) is 0 Å². The molecule has 0 saturated carbocycles. The number of fused-ring (bicyclic) bond motifs is 1. The number of aromatic nitrogens is 2. The van der Waals surface area contributed by atoms with Crippen molar-refractivity contribution in [2.24, 2.45) is 0 Å². The van der Waals surface area contributed by atoms with Crippen LogP contribution in [0.5, 0.6) is 0 Å². The van der Waals surface area contributed by atoms with Crippen LogP contribution in [-0.2, 0) is 6.54 Å². The third-order valence-corrected chi connectivity index (χ3v) is 4.58. The quantitative estimate of drug-likeness (QED) is 0.497. The normalized spacial score (nSPS) is 11.1. The van der Waals surface area contributed by atoms with Crippen LogP contribution in [0.15, 0.2) is 72.8 Å². The molecular formula is C22H20N2. The molecule has 0 atom stereocenters. The lowest BCUT2D eigenvalue weighted by Gasteiger charge is -2.10. The van der Waals surface area contributed by atoms with E-state index in [4.69, 9.17) is 4.98 Å². The zero-order valence-corrected chi connectivity index (χ0v) is 14.0. The fourth-order valence-corrected chi connectivity index (χ4v) is 3.11. The predicted octanol–water partition coefficient (Wildman–Crippen LogP) is 5.37. The topological polar surface area (TPSA) is 17.8 Å². The molecule has 1 aromatic heterocycles. The molecule has 24 heavy (non-hydrogen) atoms. The minimum Gasteiger partial charge on any atom is -0.319 e. The Morgan fingerprint density at radius 1 is 0.792 bits per heavy atom. The van der Waals surface area contributed by atoms with Gasteiger partial charge in [-0.25, -0.2) is 4.98 Å². The number of imidazole rings is 1. The highest BCUT2D eigenvalue weighted by Gasteiger charge is 2.14. The monoisotopic (exact) mass is 312 g/mol. The Kier molecular flexibility index (Phi) is 3.66. The van der Waals surface area contributed by atoms with E-state index in [0.717, 1.165) is 23.4 Å². The minimum absolute atomic E-state index is 0.823. The summed E-state index contributed by atoms with van der Waals surface area (Å²) in [6.07, 6.45) is 0. The van der Waals surface area contributed by atoms with Crippen molar-refractivity contribution in [3.05, 3.63) is 89.5 Å². The second kappa shape index (κ2) is 5.97. The van der Waals surface area contributed by atoms with Gasteiger partial charge in [-0.05, 0) is 42.7 Å². The summed E-state index contributed by atoms with van der Waals surface area (Å²) in [7, 11) is 0. The van der Waals surface area contributed by atoms with E-state index in [1.807, 2.05) is 6.07 Å². The van der Waals surface area contributed by atoms with Crippen molar-refractivity contribution >= 4 is 11.0 Å². The van der Waals surface area contributed by atoms with Gasteiger partial charge in [-0.1, -0.05) is 60.7 Å². The molecule has 1 heterocycles. The summed E-state index contributed by atoms with van der Waals surface area (Å²) in [5.41, 5.74) is 7.28. The summed E-state index contributed by atoms with van der Waals surface area (Å²) in [5.74, 6) is 1.03. The van der Waals surface area contributed by atoms with E-state index in [1.54, 1.807) is 0 Å². The van der Waals surface area contributed by atoms with Gasteiger partial charge in [-0.15, -0.1) is 0 Å². The van der Waals surface area contributed by atoms with Gasteiger partial charge in [0.05, 0.1) is 11.0 Å². The molecule has 2 nitrogen and oxygen atoms in total. The Bertz CT molecular complexity index is 983. The maximum atomic E-state index is 4.94. The molecule has 0 aliphatic rings. The predicted molar refractivity (Wildman–Crippen MR) is 100 cm³/mol. The summed E-state index contributed by atoms with van der Waals surface area (Å²) in [6.45, 7) is 5.13. The molecule has 4 aromatic rings. The van der Waals surface area contributed by atoms with Gasteiger partial charge >= 0.3 is 0 Å². The zero-order chi connectivity index (χ0) is 16.5. The van der Waals surface area contributed by atoms with Gasteiger partial charge in [0.25, 0.3) is 0 Å². The van der Waals surface area contributed by atoms with Gasteiger partial charge in [0.15, 0.2) is 0 Å². The van der Waals surface area contributed by atoms with E-state index in [-0.39, 0.29) is 0 Å². The Balaban J connectivity index is 1.95. The van der Waals surface area contributed by atoms with E-state index in [0.29, 0.717) is 0 Å². The van der Waals surface area contributed by atoms with Gasteiger partial charge in [-0.3, -0.25) is 0 Å². The molecule has 0 spiro atoms. The molecular weight excluding hydrogens is 292 g/mol. The molecule has 3 aromatic carbocycles. The maximum absolute atomic E-state index is 4.94. The number of hydrogen-bond acceptors (Lipinski definition) is 1. The summed E-state index contributed by atoms with van der Waals surface area (Å²) in [5, 5.41) is 0. The third-order valence-electron chi connectivity index (χ3n) is 4.58. The van der Waals surface area contributed by atoms with Gasteiger partial charge in [-0.2, -0.15) is 0 Å². The van der Waals surface area contributed by atoms with Crippen molar-refractivity contribution in [3.63, 3.8) is 0 Å². The lowest BCUT2D eigenvalue weighted by atomic mass is 10.1. The number of rotatable bonds is 3. The second-order valence-electron chi connectivity index (χ2n) is 6.30. The fraction of sp³-hybridized carbons (Fsp3) is 0.136. The lowest BCUT2D eigenvalue weighted by Crippen LogP contribution is -2.02. The van der Waals surface area contributed by atoms with E-state index in [1.165, 1.54) is 22.2 Å². The SMILES string of the molecule is Cc1cc2nc(-c3ccccc3)n(Cc3ccccc3)c2cc1C.